The van der Waals surface area contributed by atoms with Gasteiger partial charge in [-0.15, -0.1) is 0 Å². The largest absolute Gasteiger partial charge is 0.381 e. The average Bonchev–Trinajstić information content (AvgIpc) is 2.10. The first kappa shape index (κ1) is 11.7. The van der Waals surface area contributed by atoms with E-state index in [1.807, 2.05) is 0 Å². The number of ether oxygens (including phenoxy) is 1. The van der Waals surface area contributed by atoms with Gasteiger partial charge in [0.05, 0.1) is 6.61 Å². The van der Waals surface area contributed by atoms with Crippen LogP contribution in [0.15, 0.2) is 11.6 Å². The van der Waals surface area contributed by atoms with Gasteiger partial charge >= 0.3 is 0 Å². The summed E-state index contributed by atoms with van der Waals surface area (Å²) in [5, 5.41) is 0. The van der Waals surface area contributed by atoms with Crippen molar-refractivity contribution >= 4 is 0 Å². The van der Waals surface area contributed by atoms with E-state index < -0.39 is 0 Å². The summed E-state index contributed by atoms with van der Waals surface area (Å²) in [5.41, 5.74) is 1.42. The van der Waals surface area contributed by atoms with E-state index in [1.54, 1.807) is 0 Å². The van der Waals surface area contributed by atoms with E-state index in [9.17, 15) is 0 Å². The Hall–Kier alpha value is -0.300. The molecular weight excluding hydrogens is 148 g/mol. The molecule has 0 spiro atoms. The molecule has 0 aromatic heterocycles. The Kier molecular flexibility index (Phi) is 8.57. The fraction of sp³-hybridized carbons (Fsp3) is 0.818. The van der Waals surface area contributed by atoms with Crippen LogP contribution >= 0.6 is 0 Å². The summed E-state index contributed by atoms with van der Waals surface area (Å²) in [4.78, 5) is 0. The first-order valence-corrected chi connectivity index (χ1v) is 5.00. The van der Waals surface area contributed by atoms with E-state index in [-0.39, 0.29) is 0 Å². The molecule has 0 N–H and O–H groups in total. The molecule has 0 amide bonds. The van der Waals surface area contributed by atoms with Crippen LogP contribution in [-0.4, -0.2) is 13.2 Å². The third kappa shape index (κ3) is 7.80. The Balaban J connectivity index is 3.00. The van der Waals surface area contributed by atoms with Gasteiger partial charge in [0.2, 0.25) is 0 Å². The van der Waals surface area contributed by atoms with Crippen molar-refractivity contribution in [3.8, 4) is 0 Å². The molecule has 72 valence electrons. The number of unbranched alkanes of at least 4 members (excludes halogenated alkanes) is 2. The molecule has 0 unspecified atom stereocenters. The van der Waals surface area contributed by atoms with Crippen molar-refractivity contribution < 1.29 is 4.74 Å². The molecule has 0 saturated carbocycles. The number of allylic oxidation sites excluding steroid dienone is 1. The summed E-state index contributed by atoms with van der Waals surface area (Å²) in [6.45, 7) is 8.26. The quantitative estimate of drug-likeness (QED) is 0.419. The van der Waals surface area contributed by atoms with Crippen LogP contribution in [0.4, 0.5) is 0 Å². The molecule has 0 aliphatic heterocycles. The second-order valence-corrected chi connectivity index (χ2v) is 3.20. The van der Waals surface area contributed by atoms with Crippen LogP contribution in [0.5, 0.6) is 0 Å². The predicted octanol–water partition coefficient (Wildman–Crippen LogP) is 3.55. The van der Waals surface area contributed by atoms with Crippen molar-refractivity contribution in [2.24, 2.45) is 0 Å². The Labute approximate surface area is 76.8 Å². The SMILES string of the molecule is CC=C(C)CCOCCCCC. The van der Waals surface area contributed by atoms with Gasteiger partial charge in [-0.05, 0) is 26.7 Å². The zero-order valence-corrected chi connectivity index (χ0v) is 8.73. The molecule has 0 rings (SSSR count). The minimum absolute atomic E-state index is 0.889. The lowest BCUT2D eigenvalue weighted by Crippen LogP contribution is -1.97. The molecule has 0 aliphatic rings. The molecule has 0 aromatic rings. The second-order valence-electron chi connectivity index (χ2n) is 3.20. The second kappa shape index (κ2) is 8.79. The Bertz CT molecular complexity index is 116. The first-order valence-electron chi connectivity index (χ1n) is 5.00. The van der Waals surface area contributed by atoms with Crippen LogP contribution in [0.2, 0.25) is 0 Å². The van der Waals surface area contributed by atoms with Gasteiger partial charge in [0, 0.05) is 6.61 Å². The van der Waals surface area contributed by atoms with Crippen molar-refractivity contribution in [1.29, 1.82) is 0 Å². The van der Waals surface area contributed by atoms with E-state index >= 15 is 0 Å². The van der Waals surface area contributed by atoms with Gasteiger partial charge in [0.25, 0.3) is 0 Å². The molecule has 0 atom stereocenters. The van der Waals surface area contributed by atoms with Crippen molar-refractivity contribution in [1.82, 2.24) is 0 Å². The highest BCUT2D eigenvalue weighted by molar-refractivity contribution is 4.94. The first-order chi connectivity index (χ1) is 5.81. The standard InChI is InChI=1S/C11H22O/c1-4-6-7-9-12-10-8-11(3)5-2/h5H,4,6-10H2,1-3H3. The summed E-state index contributed by atoms with van der Waals surface area (Å²) in [7, 11) is 0. The maximum Gasteiger partial charge on any atom is 0.0503 e. The van der Waals surface area contributed by atoms with E-state index in [1.165, 1.54) is 24.8 Å². The molecular formula is C11H22O. The maximum atomic E-state index is 5.47. The highest BCUT2D eigenvalue weighted by Crippen LogP contribution is 2.00. The van der Waals surface area contributed by atoms with Gasteiger partial charge in [-0.3, -0.25) is 0 Å². The minimum atomic E-state index is 0.889. The Morgan fingerprint density at radius 2 is 2.00 bits per heavy atom. The normalized spacial score (nSPS) is 12.1. The van der Waals surface area contributed by atoms with Crippen molar-refractivity contribution in [2.75, 3.05) is 13.2 Å². The number of hydrogen-bond acceptors (Lipinski definition) is 1. The lowest BCUT2D eigenvalue weighted by atomic mass is 10.2. The van der Waals surface area contributed by atoms with Gasteiger partial charge in [-0.1, -0.05) is 31.4 Å². The van der Waals surface area contributed by atoms with E-state index in [0.29, 0.717) is 0 Å². The summed E-state index contributed by atoms with van der Waals surface area (Å²) >= 11 is 0. The molecule has 1 nitrogen and oxygen atoms in total. The molecule has 0 bridgehead atoms. The zero-order valence-electron chi connectivity index (χ0n) is 8.73. The third-order valence-electron chi connectivity index (χ3n) is 2.03. The predicted molar refractivity (Wildman–Crippen MR) is 54.4 cm³/mol. The zero-order chi connectivity index (χ0) is 9.23. The molecule has 0 heterocycles. The van der Waals surface area contributed by atoms with E-state index in [2.05, 4.69) is 26.8 Å². The van der Waals surface area contributed by atoms with Crippen LogP contribution in [0, 0.1) is 0 Å². The molecule has 0 saturated heterocycles. The van der Waals surface area contributed by atoms with Gasteiger partial charge in [-0.2, -0.15) is 0 Å². The van der Waals surface area contributed by atoms with Crippen LogP contribution < -0.4 is 0 Å². The van der Waals surface area contributed by atoms with Gasteiger partial charge < -0.3 is 4.74 Å². The van der Waals surface area contributed by atoms with Crippen molar-refractivity contribution in [3.05, 3.63) is 11.6 Å². The van der Waals surface area contributed by atoms with Gasteiger partial charge in [0.1, 0.15) is 0 Å². The smallest absolute Gasteiger partial charge is 0.0503 e. The molecule has 12 heavy (non-hydrogen) atoms. The van der Waals surface area contributed by atoms with Crippen LogP contribution in [0.1, 0.15) is 46.5 Å². The van der Waals surface area contributed by atoms with Crippen LogP contribution in [0.3, 0.4) is 0 Å². The minimum Gasteiger partial charge on any atom is -0.381 e. The highest BCUT2D eigenvalue weighted by atomic mass is 16.5. The number of hydrogen-bond donors (Lipinski definition) is 0. The van der Waals surface area contributed by atoms with Crippen LogP contribution in [-0.2, 0) is 4.74 Å². The fourth-order valence-electron chi connectivity index (χ4n) is 0.934. The topological polar surface area (TPSA) is 9.23 Å². The van der Waals surface area contributed by atoms with Crippen molar-refractivity contribution in [3.63, 3.8) is 0 Å². The summed E-state index contributed by atoms with van der Waals surface area (Å²) in [6, 6.07) is 0. The van der Waals surface area contributed by atoms with Crippen molar-refractivity contribution in [2.45, 2.75) is 46.5 Å². The molecule has 0 fully saturated rings. The number of rotatable bonds is 7. The lowest BCUT2D eigenvalue weighted by molar-refractivity contribution is 0.133. The lowest BCUT2D eigenvalue weighted by Gasteiger charge is -2.03. The summed E-state index contributed by atoms with van der Waals surface area (Å²) in [6.07, 6.45) is 7.02. The van der Waals surface area contributed by atoms with Crippen LogP contribution in [0.25, 0.3) is 0 Å². The highest BCUT2D eigenvalue weighted by Gasteiger charge is 1.90. The average molecular weight is 170 g/mol. The van der Waals surface area contributed by atoms with E-state index in [4.69, 9.17) is 4.74 Å². The summed E-state index contributed by atoms with van der Waals surface area (Å²) < 4.78 is 5.47. The Morgan fingerprint density at radius 3 is 2.58 bits per heavy atom. The molecule has 0 aromatic carbocycles. The maximum absolute atomic E-state index is 5.47. The summed E-state index contributed by atoms with van der Waals surface area (Å²) in [5.74, 6) is 0. The third-order valence-corrected chi connectivity index (χ3v) is 2.03. The van der Waals surface area contributed by atoms with E-state index in [0.717, 1.165) is 19.6 Å². The monoisotopic (exact) mass is 170 g/mol. The molecule has 1 heteroatoms. The van der Waals surface area contributed by atoms with Gasteiger partial charge in [-0.25, -0.2) is 0 Å². The fourth-order valence-corrected chi connectivity index (χ4v) is 0.934. The Morgan fingerprint density at radius 1 is 1.25 bits per heavy atom. The van der Waals surface area contributed by atoms with Gasteiger partial charge in [0.15, 0.2) is 0 Å². The molecule has 0 radical (unpaired) electrons. The molecule has 0 aliphatic carbocycles.